The number of aromatic nitrogens is 2. The fourth-order valence-electron chi connectivity index (χ4n) is 1.24. The molecule has 1 aromatic rings. The zero-order chi connectivity index (χ0) is 7.68. The fourth-order valence-corrected chi connectivity index (χ4v) is 1.24. The summed E-state index contributed by atoms with van der Waals surface area (Å²) in [5, 5.41) is 0. The van der Waals surface area contributed by atoms with Crippen molar-refractivity contribution >= 4 is 11.9 Å². The van der Waals surface area contributed by atoms with Gasteiger partial charge in [-0.25, -0.2) is 9.97 Å². The number of nitrogens with zero attached hydrogens (tertiary/aromatic N) is 3. The Bertz CT molecular complexity index is 304. The van der Waals surface area contributed by atoms with Crippen LogP contribution in [0.5, 0.6) is 0 Å². The molecule has 3 nitrogen and oxygen atoms in total. The third kappa shape index (κ3) is 0.926. The maximum atomic E-state index is 4.22. The van der Waals surface area contributed by atoms with Crippen LogP contribution in [0.1, 0.15) is 18.3 Å². The van der Waals surface area contributed by atoms with Crippen LogP contribution in [-0.2, 0) is 12.8 Å². The molecule has 0 radical (unpaired) electrons. The van der Waals surface area contributed by atoms with Crippen molar-refractivity contribution in [2.45, 2.75) is 19.8 Å². The van der Waals surface area contributed by atoms with E-state index in [-0.39, 0.29) is 0 Å². The Morgan fingerprint density at radius 3 is 3.18 bits per heavy atom. The summed E-state index contributed by atoms with van der Waals surface area (Å²) in [6.45, 7) is 2.08. The Balaban J connectivity index is 2.57. The molecule has 0 spiro atoms. The highest BCUT2D eigenvalue weighted by Crippen LogP contribution is 2.24. The lowest BCUT2D eigenvalue weighted by Crippen LogP contribution is -1.92. The molecule has 0 unspecified atom stereocenters. The SMILES string of the molecule is CCc1ncnc2c1N=CC2. The Hall–Kier alpha value is -1.25. The van der Waals surface area contributed by atoms with Crippen LogP contribution in [-0.4, -0.2) is 16.2 Å². The van der Waals surface area contributed by atoms with Crippen LogP contribution in [0, 0.1) is 0 Å². The predicted molar refractivity (Wildman–Crippen MR) is 43.3 cm³/mol. The molecule has 0 amide bonds. The average Bonchev–Trinajstić information content (AvgIpc) is 2.50. The first kappa shape index (κ1) is 6.46. The lowest BCUT2D eigenvalue weighted by atomic mass is 10.2. The normalized spacial score (nSPS) is 13.5. The van der Waals surface area contributed by atoms with Gasteiger partial charge in [-0.2, -0.15) is 0 Å². The van der Waals surface area contributed by atoms with Gasteiger partial charge in [0.15, 0.2) is 0 Å². The molecule has 11 heavy (non-hydrogen) atoms. The first-order valence-electron chi connectivity index (χ1n) is 3.77. The Kier molecular flexibility index (Phi) is 1.42. The molecule has 0 atom stereocenters. The molecule has 56 valence electrons. The van der Waals surface area contributed by atoms with E-state index >= 15 is 0 Å². The molecule has 1 aliphatic heterocycles. The van der Waals surface area contributed by atoms with Gasteiger partial charge in [-0.15, -0.1) is 0 Å². The molecule has 2 heterocycles. The molecular weight excluding hydrogens is 138 g/mol. The molecular formula is C8H9N3. The maximum Gasteiger partial charge on any atom is 0.116 e. The van der Waals surface area contributed by atoms with E-state index in [2.05, 4.69) is 21.9 Å². The molecule has 0 saturated heterocycles. The number of rotatable bonds is 1. The number of hydrogen-bond acceptors (Lipinski definition) is 3. The molecule has 1 aromatic heterocycles. The lowest BCUT2D eigenvalue weighted by molar-refractivity contribution is 0.976. The zero-order valence-corrected chi connectivity index (χ0v) is 6.41. The van der Waals surface area contributed by atoms with Crippen molar-refractivity contribution in [3.05, 3.63) is 17.7 Å². The Labute approximate surface area is 65.2 Å². The summed E-state index contributed by atoms with van der Waals surface area (Å²) >= 11 is 0. The topological polar surface area (TPSA) is 38.1 Å². The van der Waals surface area contributed by atoms with Crippen LogP contribution in [0.4, 0.5) is 5.69 Å². The molecule has 0 aromatic carbocycles. The van der Waals surface area contributed by atoms with E-state index in [0.29, 0.717) is 0 Å². The van der Waals surface area contributed by atoms with Crippen molar-refractivity contribution in [2.24, 2.45) is 4.99 Å². The highest BCUT2D eigenvalue weighted by Gasteiger charge is 2.11. The molecule has 0 fully saturated rings. The average molecular weight is 147 g/mol. The van der Waals surface area contributed by atoms with Crippen molar-refractivity contribution in [3.63, 3.8) is 0 Å². The first-order valence-corrected chi connectivity index (χ1v) is 3.77. The fraction of sp³-hybridized carbons (Fsp3) is 0.375. The van der Waals surface area contributed by atoms with Crippen LogP contribution < -0.4 is 0 Å². The summed E-state index contributed by atoms with van der Waals surface area (Å²) in [6.07, 6.45) is 5.30. The van der Waals surface area contributed by atoms with E-state index in [1.165, 1.54) is 0 Å². The minimum absolute atomic E-state index is 0.866. The standard InChI is InChI=1S/C8H9N3/c1-2-6-8-7(3-4-9-8)11-5-10-6/h4-5H,2-3H2,1H3. The summed E-state index contributed by atoms with van der Waals surface area (Å²) in [5.74, 6) is 0. The Morgan fingerprint density at radius 2 is 2.36 bits per heavy atom. The van der Waals surface area contributed by atoms with Crippen molar-refractivity contribution in [1.29, 1.82) is 0 Å². The largest absolute Gasteiger partial charge is 0.257 e. The summed E-state index contributed by atoms with van der Waals surface area (Å²) in [6, 6.07) is 0. The smallest absolute Gasteiger partial charge is 0.116 e. The van der Waals surface area contributed by atoms with E-state index in [4.69, 9.17) is 0 Å². The van der Waals surface area contributed by atoms with Gasteiger partial charge in [0.1, 0.15) is 12.0 Å². The third-order valence-electron chi connectivity index (χ3n) is 1.81. The quantitative estimate of drug-likeness (QED) is 0.600. The molecule has 0 aliphatic carbocycles. The van der Waals surface area contributed by atoms with Gasteiger partial charge in [0, 0.05) is 12.6 Å². The second kappa shape index (κ2) is 2.42. The number of fused-ring (bicyclic) bond motifs is 1. The van der Waals surface area contributed by atoms with Crippen molar-refractivity contribution in [1.82, 2.24) is 9.97 Å². The van der Waals surface area contributed by atoms with E-state index in [1.807, 2.05) is 6.21 Å². The van der Waals surface area contributed by atoms with E-state index in [0.717, 1.165) is 29.9 Å². The van der Waals surface area contributed by atoms with Gasteiger partial charge in [0.2, 0.25) is 0 Å². The minimum Gasteiger partial charge on any atom is -0.257 e. The monoisotopic (exact) mass is 147 g/mol. The van der Waals surface area contributed by atoms with Gasteiger partial charge < -0.3 is 0 Å². The van der Waals surface area contributed by atoms with Gasteiger partial charge in [0.25, 0.3) is 0 Å². The number of aliphatic imine (C=N–C) groups is 1. The number of hydrogen-bond donors (Lipinski definition) is 0. The molecule has 2 rings (SSSR count). The van der Waals surface area contributed by atoms with Gasteiger partial charge in [-0.3, -0.25) is 4.99 Å². The van der Waals surface area contributed by atoms with Crippen LogP contribution in [0.15, 0.2) is 11.3 Å². The van der Waals surface area contributed by atoms with Crippen LogP contribution in [0.25, 0.3) is 0 Å². The van der Waals surface area contributed by atoms with Crippen molar-refractivity contribution in [3.8, 4) is 0 Å². The molecule has 0 saturated carbocycles. The van der Waals surface area contributed by atoms with E-state index in [1.54, 1.807) is 6.33 Å². The molecule has 0 N–H and O–H groups in total. The second-order valence-electron chi connectivity index (χ2n) is 2.49. The third-order valence-corrected chi connectivity index (χ3v) is 1.81. The second-order valence-corrected chi connectivity index (χ2v) is 2.49. The van der Waals surface area contributed by atoms with Crippen LogP contribution in [0.3, 0.4) is 0 Å². The molecule has 1 aliphatic rings. The first-order chi connectivity index (χ1) is 5.42. The van der Waals surface area contributed by atoms with Gasteiger partial charge in [-0.1, -0.05) is 6.92 Å². The van der Waals surface area contributed by atoms with E-state index < -0.39 is 0 Å². The number of aryl methyl sites for hydroxylation is 1. The minimum atomic E-state index is 0.866. The zero-order valence-electron chi connectivity index (χ0n) is 6.41. The summed E-state index contributed by atoms with van der Waals surface area (Å²) in [4.78, 5) is 12.5. The highest BCUT2D eigenvalue weighted by molar-refractivity contribution is 5.75. The molecule has 3 heteroatoms. The summed E-state index contributed by atoms with van der Waals surface area (Å²) < 4.78 is 0. The molecule has 0 bridgehead atoms. The van der Waals surface area contributed by atoms with Crippen molar-refractivity contribution < 1.29 is 0 Å². The van der Waals surface area contributed by atoms with Gasteiger partial charge in [0.05, 0.1) is 11.4 Å². The van der Waals surface area contributed by atoms with Crippen molar-refractivity contribution in [2.75, 3.05) is 0 Å². The van der Waals surface area contributed by atoms with Gasteiger partial charge >= 0.3 is 0 Å². The van der Waals surface area contributed by atoms with Crippen LogP contribution in [0.2, 0.25) is 0 Å². The Morgan fingerprint density at radius 1 is 1.45 bits per heavy atom. The maximum absolute atomic E-state index is 4.22. The highest BCUT2D eigenvalue weighted by atomic mass is 14.9. The predicted octanol–water partition coefficient (Wildman–Crippen LogP) is 1.30. The van der Waals surface area contributed by atoms with Crippen LogP contribution >= 0.6 is 0 Å². The lowest BCUT2D eigenvalue weighted by Gasteiger charge is -1.99. The summed E-state index contributed by atoms with van der Waals surface area (Å²) in [5.41, 5.74) is 3.12. The summed E-state index contributed by atoms with van der Waals surface area (Å²) in [7, 11) is 0. The van der Waals surface area contributed by atoms with Gasteiger partial charge in [-0.05, 0) is 6.42 Å². The van der Waals surface area contributed by atoms with E-state index in [9.17, 15) is 0 Å².